The van der Waals surface area contributed by atoms with Gasteiger partial charge in [0.2, 0.25) is 0 Å². The minimum atomic E-state index is -0.0468. The van der Waals surface area contributed by atoms with Crippen molar-refractivity contribution >= 4 is 17.4 Å². The van der Waals surface area contributed by atoms with E-state index in [2.05, 4.69) is 42.3 Å². The van der Waals surface area contributed by atoms with Crippen LogP contribution in [-0.4, -0.2) is 43.7 Å². The number of nitrogens with one attached hydrogen (secondary N) is 1. The minimum Gasteiger partial charge on any atom is -0.494 e. The van der Waals surface area contributed by atoms with Gasteiger partial charge in [-0.2, -0.15) is 0 Å². The number of carbonyl (C=O) groups is 1. The maximum Gasteiger partial charge on any atom is 0.321 e. The van der Waals surface area contributed by atoms with Crippen molar-refractivity contribution < 1.29 is 9.53 Å². The first-order chi connectivity index (χ1) is 12.6. The van der Waals surface area contributed by atoms with Crippen LogP contribution in [0.1, 0.15) is 18.1 Å². The van der Waals surface area contributed by atoms with Crippen LogP contribution in [0.15, 0.2) is 42.5 Å². The highest BCUT2D eigenvalue weighted by Gasteiger charge is 2.22. The summed E-state index contributed by atoms with van der Waals surface area (Å²) in [6.07, 6.45) is 0. The van der Waals surface area contributed by atoms with Gasteiger partial charge in [-0.15, -0.1) is 0 Å². The smallest absolute Gasteiger partial charge is 0.321 e. The van der Waals surface area contributed by atoms with Crippen molar-refractivity contribution in [2.45, 2.75) is 20.8 Å². The molecule has 0 aromatic heterocycles. The number of benzene rings is 2. The van der Waals surface area contributed by atoms with Crippen LogP contribution in [0.4, 0.5) is 16.2 Å². The number of carbonyl (C=O) groups excluding carboxylic acids is 1. The van der Waals surface area contributed by atoms with E-state index in [4.69, 9.17) is 4.74 Å². The van der Waals surface area contributed by atoms with Crippen molar-refractivity contribution in [1.29, 1.82) is 0 Å². The lowest BCUT2D eigenvalue weighted by atomic mass is 10.1. The summed E-state index contributed by atoms with van der Waals surface area (Å²) < 4.78 is 5.42. The lowest BCUT2D eigenvalue weighted by Crippen LogP contribution is -2.50. The number of ether oxygens (including phenoxy) is 1. The average molecular weight is 353 g/mol. The summed E-state index contributed by atoms with van der Waals surface area (Å²) in [7, 11) is 0. The number of nitrogens with zero attached hydrogens (tertiary/aromatic N) is 2. The van der Waals surface area contributed by atoms with Crippen LogP contribution in [0.2, 0.25) is 0 Å². The molecule has 0 spiro atoms. The van der Waals surface area contributed by atoms with Crippen LogP contribution in [0.3, 0.4) is 0 Å². The number of amides is 2. The van der Waals surface area contributed by atoms with Crippen molar-refractivity contribution in [3.8, 4) is 5.75 Å². The van der Waals surface area contributed by atoms with Gasteiger partial charge in [-0.25, -0.2) is 4.79 Å². The van der Waals surface area contributed by atoms with Crippen LogP contribution in [0.5, 0.6) is 5.75 Å². The summed E-state index contributed by atoms with van der Waals surface area (Å²) in [5.41, 5.74) is 4.62. The molecule has 26 heavy (non-hydrogen) atoms. The van der Waals surface area contributed by atoms with Gasteiger partial charge in [0.05, 0.1) is 6.61 Å². The standard InChI is InChI=1S/C21H27N3O2/c1-4-26-19-8-6-18(7-9-19)22-21(25)24-13-11-23(12-14-24)20-10-5-16(2)15-17(20)3/h5-10,15H,4,11-14H2,1-3H3,(H,22,25). The highest BCUT2D eigenvalue weighted by Crippen LogP contribution is 2.23. The molecule has 138 valence electrons. The second kappa shape index (κ2) is 8.13. The molecule has 2 aromatic carbocycles. The molecular weight excluding hydrogens is 326 g/mol. The fourth-order valence-electron chi connectivity index (χ4n) is 3.31. The first-order valence-corrected chi connectivity index (χ1v) is 9.18. The molecule has 0 unspecified atom stereocenters. The fourth-order valence-corrected chi connectivity index (χ4v) is 3.31. The Labute approximate surface area is 155 Å². The third kappa shape index (κ3) is 4.28. The van der Waals surface area contributed by atoms with Gasteiger partial charge in [-0.3, -0.25) is 0 Å². The van der Waals surface area contributed by atoms with Crippen molar-refractivity contribution in [3.63, 3.8) is 0 Å². The zero-order chi connectivity index (χ0) is 18.5. The molecule has 1 saturated heterocycles. The summed E-state index contributed by atoms with van der Waals surface area (Å²) in [5, 5.41) is 2.97. The van der Waals surface area contributed by atoms with E-state index < -0.39 is 0 Å². The number of piperazine rings is 1. The largest absolute Gasteiger partial charge is 0.494 e. The SMILES string of the molecule is CCOc1ccc(NC(=O)N2CCN(c3ccc(C)cc3C)CC2)cc1. The normalized spacial score (nSPS) is 14.3. The van der Waals surface area contributed by atoms with Gasteiger partial charge in [0.25, 0.3) is 0 Å². The molecule has 0 atom stereocenters. The van der Waals surface area contributed by atoms with E-state index in [-0.39, 0.29) is 6.03 Å². The summed E-state index contributed by atoms with van der Waals surface area (Å²) in [6, 6.07) is 14.0. The number of rotatable bonds is 4. The Balaban J connectivity index is 1.54. The lowest BCUT2D eigenvalue weighted by Gasteiger charge is -2.36. The Morgan fingerprint density at radius 2 is 1.73 bits per heavy atom. The van der Waals surface area contributed by atoms with Gasteiger partial charge >= 0.3 is 6.03 Å². The third-order valence-corrected chi connectivity index (χ3v) is 4.68. The topological polar surface area (TPSA) is 44.8 Å². The molecule has 0 saturated carbocycles. The number of hydrogen-bond donors (Lipinski definition) is 1. The molecule has 0 radical (unpaired) electrons. The molecule has 1 heterocycles. The average Bonchev–Trinajstić information content (AvgIpc) is 2.64. The molecule has 2 aromatic rings. The van der Waals surface area contributed by atoms with Crippen LogP contribution >= 0.6 is 0 Å². The van der Waals surface area contributed by atoms with Crippen LogP contribution in [0, 0.1) is 13.8 Å². The number of urea groups is 1. The van der Waals surface area contributed by atoms with Crippen LogP contribution in [0.25, 0.3) is 0 Å². The zero-order valence-corrected chi connectivity index (χ0v) is 15.8. The van der Waals surface area contributed by atoms with Crippen LogP contribution in [-0.2, 0) is 0 Å². The molecule has 0 bridgehead atoms. The molecule has 5 nitrogen and oxygen atoms in total. The van der Waals surface area contributed by atoms with Gasteiger partial charge in [0, 0.05) is 37.6 Å². The number of aryl methyl sites for hydroxylation is 2. The van der Waals surface area contributed by atoms with E-state index in [9.17, 15) is 4.79 Å². The van der Waals surface area contributed by atoms with E-state index in [0.717, 1.165) is 37.6 Å². The number of anilines is 2. The van der Waals surface area contributed by atoms with E-state index in [1.807, 2.05) is 36.1 Å². The molecule has 1 aliphatic heterocycles. The predicted molar refractivity (Wildman–Crippen MR) is 106 cm³/mol. The predicted octanol–water partition coefficient (Wildman–Crippen LogP) is 4.06. The summed E-state index contributed by atoms with van der Waals surface area (Å²) in [5.74, 6) is 0.813. The minimum absolute atomic E-state index is 0.0468. The van der Waals surface area contributed by atoms with Gasteiger partial charge in [0.1, 0.15) is 5.75 Å². The Kier molecular flexibility index (Phi) is 5.66. The first kappa shape index (κ1) is 18.1. The molecular formula is C21H27N3O2. The van der Waals surface area contributed by atoms with E-state index >= 15 is 0 Å². The van der Waals surface area contributed by atoms with Crippen molar-refractivity contribution in [3.05, 3.63) is 53.6 Å². The molecule has 1 N–H and O–H groups in total. The maximum atomic E-state index is 12.5. The molecule has 2 amide bonds. The summed E-state index contributed by atoms with van der Waals surface area (Å²) in [4.78, 5) is 16.7. The Morgan fingerprint density at radius 3 is 2.35 bits per heavy atom. The van der Waals surface area contributed by atoms with E-state index in [0.29, 0.717) is 6.61 Å². The molecule has 3 rings (SSSR count). The first-order valence-electron chi connectivity index (χ1n) is 9.18. The monoisotopic (exact) mass is 353 g/mol. The second-order valence-corrected chi connectivity index (χ2v) is 6.65. The molecule has 1 aliphatic rings. The Hall–Kier alpha value is -2.69. The van der Waals surface area contributed by atoms with Gasteiger partial charge in [-0.05, 0) is 56.7 Å². The third-order valence-electron chi connectivity index (χ3n) is 4.68. The summed E-state index contributed by atoms with van der Waals surface area (Å²) in [6.45, 7) is 9.98. The van der Waals surface area contributed by atoms with Gasteiger partial charge < -0.3 is 19.9 Å². The molecule has 0 aliphatic carbocycles. The fraction of sp³-hybridized carbons (Fsp3) is 0.381. The summed E-state index contributed by atoms with van der Waals surface area (Å²) >= 11 is 0. The molecule has 1 fully saturated rings. The Morgan fingerprint density at radius 1 is 1.04 bits per heavy atom. The van der Waals surface area contributed by atoms with Crippen LogP contribution < -0.4 is 15.0 Å². The highest BCUT2D eigenvalue weighted by atomic mass is 16.5. The quantitative estimate of drug-likeness (QED) is 0.902. The number of hydrogen-bond acceptors (Lipinski definition) is 3. The lowest BCUT2D eigenvalue weighted by molar-refractivity contribution is 0.208. The van der Waals surface area contributed by atoms with Crippen molar-refractivity contribution in [2.75, 3.05) is 43.0 Å². The van der Waals surface area contributed by atoms with E-state index in [1.165, 1.54) is 16.8 Å². The highest BCUT2D eigenvalue weighted by molar-refractivity contribution is 5.89. The van der Waals surface area contributed by atoms with Gasteiger partial charge in [-0.1, -0.05) is 17.7 Å². The van der Waals surface area contributed by atoms with E-state index in [1.54, 1.807) is 0 Å². The van der Waals surface area contributed by atoms with Crippen molar-refractivity contribution in [2.24, 2.45) is 0 Å². The maximum absolute atomic E-state index is 12.5. The van der Waals surface area contributed by atoms with Crippen molar-refractivity contribution in [1.82, 2.24) is 4.90 Å². The second-order valence-electron chi connectivity index (χ2n) is 6.65. The zero-order valence-electron chi connectivity index (χ0n) is 15.8. The Bertz CT molecular complexity index is 750. The molecule has 5 heteroatoms. The van der Waals surface area contributed by atoms with Gasteiger partial charge in [0.15, 0.2) is 0 Å².